The summed E-state index contributed by atoms with van der Waals surface area (Å²) >= 11 is 0. The number of hydrogen-bond donors (Lipinski definition) is 3. The molecule has 19 heteroatoms. The monoisotopic (exact) mass is 411 g/mol. The normalized spacial score (nSPS) is 7.05. The molecule has 0 fully saturated rings. The van der Waals surface area contributed by atoms with E-state index < -0.39 is 20.8 Å². The second-order valence-electron chi connectivity index (χ2n) is 0.992. The van der Waals surface area contributed by atoms with Gasteiger partial charge in [-0.25, -0.2) is 0 Å². The van der Waals surface area contributed by atoms with Crippen LogP contribution in [0.4, 0.5) is 0 Å². The molecule has 0 aliphatic carbocycles. The molecule has 0 aromatic heterocycles. The molecule has 0 spiro atoms. The van der Waals surface area contributed by atoms with E-state index in [9.17, 15) is 16.8 Å². The van der Waals surface area contributed by atoms with Gasteiger partial charge in [0.1, 0.15) is 0 Å². The zero-order valence-corrected chi connectivity index (χ0v) is 12.2. The predicted molar refractivity (Wildman–Crippen MR) is 59.2 cm³/mol. The Labute approximate surface area is 124 Å². The number of hydrogen-bond acceptors (Lipinski definition) is 7. The third-order valence-electron chi connectivity index (χ3n) is 0.200. The summed E-state index contributed by atoms with van der Waals surface area (Å²) in [6, 6.07) is 0. The molecule has 0 aliphatic heterocycles. The quantitative estimate of drug-likeness (QED) is 0.172. The maximum atomic E-state index is 9.51. The molecule has 0 unspecified atom stereocenters. The van der Waals surface area contributed by atoms with E-state index in [2.05, 4.69) is 8.67 Å². The zero-order valence-electron chi connectivity index (χ0n) is 8.63. The van der Waals surface area contributed by atoms with Crippen molar-refractivity contribution in [1.82, 2.24) is 6.15 Å². The van der Waals surface area contributed by atoms with Crippen LogP contribution in [-0.2, 0) is 46.5 Å². The second kappa shape index (κ2) is 26.8. The van der Waals surface area contributed by atoms with Crippen molar-refractivity contribution < 1.29 is 84.5 Å². The summed E-state index contributed by atoms with van der Waals surface area (Å²) in [6.07, 6.45) is 0. The molecule has 17 N–H and O–H groups in total. The summed E-state index contributed by atoms with van der Waals surface area (Å²) < 4.78 is 58.9. The molecule has 0 amide bonds. The minimum Gasteiger partial charge on any atom is -0.412 e. The summed E-state index contributed by atoms with van der Waals surface area (Å²) in [5.74, 6) is 0. The first-order valence-corrected chi connectivity index (χ1v) is 4.26. The van der Waals surface area contributed by atoms with Crippen LogP contribution in [0.2, 0.25) is 0 Å². The third kappa shape index (κ3) is 91.5. The van der Waals surface area contributed by atoms with E-state index in [1.807, 2.05) is 0 Å². The van der Waals surface area contributed by atoms with Gasteiger partial charge in [-0.05, 0) is 0 Å². The van der Waals surface area contributed by atoms with Gasteiger partial charge < -0.3 is 39.0 Å². The number of rotatable bonds is 3. The van der Waals surface area contributed by atoms with E-state index in [4.69, 9.17) is 9.11 Å². The van der Waals surface area contributed by atoms with Gasteiger partial charge in [0.2, 0.25) is 0 Å². The van der Waals surface area contributed by atoms with Gasteiger partial charge in [-0.3, -0.25) is 9.11 Å². The average molecular weight is 412 g/mol. The molecule has 0 saturated carbocycles. The van der Waals surface area contributed by atoms with Gasteiger partial charge in [-0.15, -0.1) is 12.4 Å². The summed E-state index contributed by atoms with van der Waals surface area (Å²) in [7, 11) is -10.0. The topological polar surface area (TPSA) is 351 Å². The Morgan fingerprint density at radius 1 is 0.632 bits per heavy atom. The van der Waals surface area contributed by atoms with Crippen LogP contribution in [-0.4, -0.2) is 58.8 Å². The van der Waals surface area contributed by atoms with Crippen molar-refractivity contribution >= 4 is 33.2 Å². The Kier molecular flexibility index (Phi) is 105. The van der Waals surface area contributed by atoms with Crippen molar-refractivity contribution in [1.29, 1.82) is 0 Å². The molecule has 0 radical (unpaired) electrons. The smallest absolute Gasteiger partial charge is 0.412 e. The maximum Gasteiger partial charge on any atom is 0.425 e. The molecule has 134 valence electrons. The Balaban J connectivity index is -0.0000000112. The van der Waals surface area contributed by atoms with E-state index in [1.54, 1.807) is 0 Å². The molecule has 0 aromatic carbocycles. The van der Waals surface area contributed by atoms with Crippen molar-refractivity contribution in [3.8, 4) is 0 Å². The van der Waals surface area contributed by atoms with Gasteiger partial charge in [0, 0.05) is 17.1 Å². The summed E-state index contributed by atoms with van der Waals surface area (Å²) in [5, 5.41) is 0. The fourth-order valence-electron chi connectivity index (χ4n) is 0.0702. The fraction of sp³-hybridized carbons (Fsp3) is 0. The van der Waals surface area contributed by atoms with Crippen LogP contribution in [0.1, 0.15) is 0 Å². The predicted octanol–water partition coefficient (Wildman–Crippen LogP) is -5.83. The van der Waals surface area contributed by atoms with Crippen LogP contribution in [0.3, 0.4) is 0 Å². The first-order chi connectivity index (χ1) is 4.21. The minimum absolute atomic E-state index is 0. The van der Waals surface area contributed by atoms with Crippen LogP contribution >= 0.6 is 12.4 Å². The summed E-state index contributed by atoms with van der Waals surface area (Å²) in [6.45, 7) is 0. The van der Waals surface area contributed by atoms with E-state index >= 15 is 0 Å². The van der Waals surface area contributed by atoms with Crippen molar-refractivity contribution in [2.24, 2.45) is 0 Å². The molecule has 0 atom stereocenters. The first-order valence-electron chi connectivity index (χ1n) is 1.53. The molecular weight excluding hydrogens is 393 g/mol. The number of halogens is 1. The molecule has 0 aromatic rings. The molecule has 15 nitrogen and oxygen atoms in total. The average Bonchev–Trinajstić information content (AvgIpc) is 1.57. The minimum atomic E-state index is -5.02. The Morgan fingerprint density at radius 2 is 0.737 bits per heavy atom. The van der Waals surface area contributed by atoms with Gasteiger partial charge >= 0.3 is 20.8 Å². The Hall–Kier alpha value is 0.269. The van der Waals surface area contributed by atoms with E-state index in [-0.39, 0.29) is 68.5 Å². The first kappa shape index (κ1) is 74.9. The van der Waals surface area contributed by atoms with E-state index in [1.165, 1.54) is 0 Å². The van der Waals surface area contributed by atoms with E-state index in [0.717, 1.165) is 0 Å². The van der Waals surface area contributed by atoms with Crippen molar-refractivity contribution in [2.45, 2.75) is 0 Å². The molecule has 0 heterocycles. The standard InChI is InChI=1S/ClH.Fe.H3N.H2O8S2.6H2O/c;;;1-9(2,3)7-8-10(4,5)6;;;;;;/h1H;;1H3;(H,1,2,3)(H,4,5,6);6*1H2. The Morgan fingerprint density at radius 3 is 0.789 bits per heavy atom. The van der Waals surface area contributed by atoms with Gasteiger partial charge in [0.25, 0.3) is 0 Å². The third-order valence-corrected chi connectivity index (χ3v) is 0.766. The fourth-order valence-corrected chi connectivity index (χ4v) is 0.632. The van der Waals surface area contributed by atoms with Gasteiger partial charge in [0.15, 0.2) is 0 Å². The Bertz CT molecular complexity index is 261. The van der Waals surface area contributed by atoms with Crippen LogP contribution in [0.5, 0.6) is 0 Å². The molecule has 0 aliphatic rings. The molecule has 0 rings (SSSR count). The van der Waals surface area contributed by atoms with Gasteiger partial charge in [-0.2, -0.15) is 16.8 Å². The van der Waals surface area contributed by atoms with Crippen LogP contribution < -0.4 is 6.15 Å². The van der Waals surface area contributed by atoms with Crippen molar-refractivity contribution in [3.63, 3.8) is 0 Å². The largest absolute Gasteiger partial charge is 0.425 e. The molecule has 0 bridgehead atoms. The SMILES string of the molecule is Cl.N.O.O.O.O.O.O.O=S(=O)(O)OOS(=O)(=O)O.[Fe]. The maximum absolute atomic E-state index is 9.51. The summed E-state index contributed by atoms with van der Waals surface area (Å²) in [4.78, 5) is 0. The zero-order chi connectivity index (χ0) is 8.41. The molecular formula is H18ClFeNO14S2. The van der Waals surface area contributed by atoms with Gasteiger partial charge in [0.05, 0.1) is 0 Å². The van der Waals surface area contributed by atoms with E-state index in [0.29, 0.717) is 0 Å². The molecule has 0 saturated heterocycles. The van der Waals surface area contributed by atoms with Crippen molar-refractivity contribution in [2.75, 3.05) is 0 Å². The van der Waals surface area contributed by atoms with Crippen LogP contribution in [0, 0.1) is 0 Å². The van der Waals surface area contributed by atoms with Crippen molar-refractivity contribution in [3.05, 3.63) is 0 Å². The van der Waals surface area contributed by atoms with Crippen LogP contribution in [0.25, 0.3) is 0 Å². The summed E-state index contributed by atoms with van der Waals surface area (Å²) in [5.41, 5.74) is 0. The van der Waals surface area contributed by atoms with Gasteiger partial charge in [-0.1, -0.05) is 8.67 Å². The molecule has 19 heavy (non-hydrogen) atoms. The second-order valence-corrected chi connectivity index (χ2v) is 2.97. The van der Waals surface area contributed by atoms with Crippen LogP contribution in [0.15, 0.2) is 0 Å².